The molecule has 1 aliphatic heterocycles. The van der Waals surface area contributed by atoms with E-state index in [1.807, 2.05) is 18.2 Å². The summed E-state index contributed by atoms with van der Waals surface area (Å²) in [6.45, 7) is 5.27. The Balaban J connectivity index is 1.33. The van der Waals surface area contributed by atoms with Gasteiger partial charge in [-0.15, -0.1) is 11.3 Å². The van der Waals surface area contributed by atoms with Crippen molar-refractivity contribution in [2.24, 2.45) is 0 Å². The molecule has 2 heterocycles. The van der Waals surface area contributed by atoms with Gasteiger partial charge in [-0.25, -0.2) is 0 Å². The van der Waals surface area contributed by atoms with Crippen LogP contribution in [0.5, 0.6) is 23.0 Å². The summed E-state index contributed by atoms with van der Waals surface area (Å²) in [5.74, 6) is 0.835. The van der Waals surface area contributed by atoms with Gasteiger partial charge < -0.3 is 33.3 Å². The largest absolute Gasteiger partial charge is 0.493 e. The van der Waals surface area contributed by atoms with Crippen LogP contribution in [0.1, 0.15) is 66.8 Å². The van der Waals surface area contributed by atoms with E-state index in [0.717, 1.165) is 21.2 Å². The molecule has 0 unspecified atom stereocenters. The number of esters is 2. The fourth-order valence-electron chi connectivity index (χ4n) is 4.97. The molecule has 0 bridgehead atoms. The number of fused-ring (bicyclic) bond motifs is 2. The number of ether oxygens (including phenoxy) is 6. The van der Waals surface area contributed by atoms with Crippen LogP contribution in [0.4, 0.5) is 0 Å². The van der Waals surface area contributed by atoms with Crippen molar-refractivity contribution in [1.82, 2.24) is 4.90 Å². The lowest BCUT2D eigenvalue weighted by molar-refractivity contribution is -0.145. The van der Waals surface area contributed by atoms with Gasteiger partial charge in [0.1, 0.15) is 0 Å². The van der Waals surface area contributed by atoms with Crippen molar-refractivity contribution in [3.8, 4) is 23.0 Å². The first-order valence-electron chi connectivity index (χ1n) is 15.1. The monoisotopic (exact) mass is 675 g/mol. The van der Waals surface area contributed by atoms with E-state index in [-0.39, 0.29) is 57.2 Å². The highest BCUT2D eigenvalue weighted by Gasteiger charge is 2.29. The summed E-state index contributed by atoms with van der Waals surface area (Å²) in [5.41, 5.74) is 1.65. The molecule has 0 aliphatic carbocycles. The molecule has 4 rings (SSSR count). The number of Topliss-reactive ketones (excluding diaryl/α,β-unsaturated/α-hetero) is 1. The minimum Gasteiger partial charge on any atom is -0.493 e. The maximum absolute atomic E-state index is 12.7. The lowest BCUT2D eigenvalue weighted by Gasteiger charge is -2.16. The summed E-state index contributed by atoms with van der Waals surface area (Å²) in [6, 6.07) is 7.27. The van der Waals surface area contributed by atoms with Crippen molar-refractivity contribution in [3.05, 3.63) is 45.3 Å². The third-order valence-electron chi connectivity index (χ3n) is 7.24. The molecule has 46 heavy (non-hydrogen) atoms. The highest BCUT2D eigenvalue weighted by Crippen LogP contribution is 2.43. The third kappa shape index (κ3) is 8.61. The first-order chi connectivity index (χ1) is 22.2. The first-order valence-corrected chi connectivity index (χ1v) is 16.3. The molecule has 0 saturated heterocycles. The van der Waals surface area contributed by atoms with Crippen LogP contribution in [0.15, 0.2) is 24.3 Å². The number of carbonyl (C=O) groups is 4. The average molecular weight is 676 g/mol. The second kappa shape index (κ2) is 16.5. The topological polar surface area (TPSA) is 127 Å². The summed E-state index contributed by atoms with van der Waals surface area (Å²) < 4.78 is 33.8. The standard InChI is InChI=1S/C33H38ClNO10S/c1-5-42-30(38)10-8-23(36)28-16-20-14-25(24(40-3)17-27(20)46-28)44-12-7-13-45-33-26(41-4)15-21-18-35(19-22(21)32(33)34)29(37)9-11-31(39)43-6-2/h14-17H,5-13,18-19H2,1-4H3. The molecule has 0 fully saturated rings. The minimum atomic E-state index is -0.401. The number of carbonyl (C=O) groups excluding carboxylic acids is 4. The number of hydrogen-bond donors (Lipinski definition) is 0. The highest BCUT2D eigenvalue weighted by molar-refractivity contribution is 7.20. The Kier molecular flexibility index (Phi) is 12.5. The van der Waals surface area contributed by atoms with Gasteiger partial charge in [-0.2, -0.15) is 0 Å². The fraction of sp³-hybridized carbons (Fsp3) is 0.455. The van der Waals surface area contributed by atoms with E-state index < -0.39 is 11.9 Å². The molecular weight excluding hydrogens is 638 g/mol. The van der Waals surface area contributed by atoms with Crippen molar-refractivity contribution < 1.29 is 47.6 Å². The molecule has 0 saturated carbocycles. The zero-order chi connectivity index (χ0) is 33.2. The Morgan fingerprint density at radius 3 is 2.15 bits per heavy atom. The molecule has 13 heteroatoms. The van der Waals surface area contributed by atoms with Crippen molar-refractivity contribution >= 4 is 56.7 Å². The van der Waals surface area contributed by atoms with Gasteiger partial charge >= 0.3 is 11.9 Å². The maximum atomic E-state index is 12.7. The Morgan fingerprint density at radius 2 is 1.48 bits per heavy atom. The molecule has 3 aromatic rings. The van der Waals surface area contributed by atoms with E-state index in [1.54, 1.807) is 31.9 Å². The van der Waals surface area contributed by atoms with Gasteiger partial charge in [0, 0.05) is 43.1 Å². The molecule has 1 aromatic heterocycles. The van der Waals surface area contributed by atoms with Crippen LogP contribution in [0.25, 0.3) is 10.1 Å². The predicted molar refractivity (Wildman–Crippen MR) is 172 cm³/mol. The van der Waals surface area contributed by atoms with E-state index in [0.29, 0.717) is 59.0 Å². The summed E-state index contributed by atoms with van der Waals surface area (Å²) in [6.07, 6.45) is 0.723. The smallest absolute Gasteiger partial charge is 0.306 e. The number of methoxy groups -OCH3 is 2. The minimum absolute atomic E-state index is 0.0270. The van der Waals surface area contributed by atoms with E-state index >= 15 is 0 Å². The molecule has 11 nitrogen and oxygen atoms in total. The number of amides is 1. The molecule has 1 aliphatic rings. The molecule has 2 aromatic carbocycles. The SMILES string of the molecule is CCOC(=O)CCC(=O)c1cc2cc(OCCCOc3c(OC)cc4c(c3Cl)CN(C(=O)CCC(=O)OCC)C4)c(OC)cc2s1. The van der Waals surface area contributed by atoms with Gasteiger partial charge in [0.15, 0.2) is 28.8 Å². The Bertz CT molecular complexity index is 1590. The predicted octanol–water partition coefficient (Wildman–Crippen LogP) is 6.13. The maximum Gasteiger partial charge on any atom is 0.306 e. The molecule has 248 valence electrons. The first kappa shape index (κ1) is 34.8. The van der Waals surface area contributed by atoms with Crippen molar-refractivity contribution in [2.45, 2.75) is 59.0 Å². The zero-order valence-electron chi connectivity index (χ0n) is 26.4. The quantitative estimate of drug-likeness (QED) is 0.0937. The fourth-order valence-corrected chi connectivity index (χ4v) is 6.34. The van der Waals surface area contributed by atoms with E-state index in [1.165, 1.54) is 18.4 Å². The van der Waals surface area contributed by atoms with Crippen LogP contribution in [0.3, 0.4) is 0 Å². The summed E-state index contributed by atoms with van der Waals surface area (Å²) in [5, 5.41) is 1.22. The third-order valence-corrected chi connectivity index (χ3v) is 8.78. The number of nitrogens with zero attached hydrogens (tertiary/aromatic N) is 1. The van der Waals surface area contributed by atoms with Gasteiger partial charge in [0.05, 0.1) is 63.4 Å². The average Bonchev–Trinajstić information content (AvgIpc) is 3.67. The second-order valence-corrected chi connectivity index (χ2v) is 11.8. The highest BCUT2D eigenvalue weighted by atomic mass is 35.5. The van der Waals surface area contributed by atoms with Crippen LogP contribution < -0.4 is 18.9 Å². The van der Waals surface area contributed by atoms with E-state index in [4.69, 9.17) is 40.0 Å². The van der Waals surface area contributed by atoms with Crippen LogP contribution >= 0.6 is 22.9 Å². The molecule has 0 N–H and O–H groups in total. The summed E-state index contributed by atoms with van der Waals surface area (Å²) >= 11 is 8.08. The lowest BCUT2D eigenvalue weighted by atomic mass is 10.1. The van der Waals surface area contributed by atoms with E-state index in [2.05, 4.69) is 0 Å². The van der Waals surface area contributed by atoms with Crippen LogP contribution in [-0.4, -0.2) is 69.2 Å². The number of rotatable bonds is 17. The van der Waals surface area contributed by atoms with Gasteiger partial charge in [-0.1, -0.05) is 11.6 Å². The van der Waals surface area contributed by atoms with Crippen LogP contribution in [-0.2, 0) is 36.9 Å². The Hall–Kier alpha value is -4.03. The van der Waals surface area contributed by atoms with Crippen LogP contribution in [0.2, 0.25) is 5.02 Å². The molecule has 1 amide bonds. The lowest BCUT2D eigenvalue weighted by Crippen LogP contribution is -2.25. The van der Waals surface area contributed by atoms with Gasteiger partial charge in [0.2, 0.25) is 5.91 Å². The van der Waals surface area contributed by atoms with Crippen LogP contribution in [0, 0.1) is 0 Å². The van der Waals surface area contributed by atoms with Crippen molar-refractivity contribution in [1.29, 1.82) is 0 Å². The second-order valence-electron chi connectivity index (χ2n) is 10.3. The van der Waals surface area contributed by atoms with Gasteiger partial charge in [0.25, 0.3) is 0 Å². The van der Waals surface area contributed by atoms with Crippen molar-refractivity contribution in [2.75, 3.05) is 40.6 Å². The van der Waals surface area contributed by atoms with E-state index in [9.17, 15) is 19.2 Å². The zero-order valence-corrected chi connectivity index (χ0v) is 28.0. The molecule has 0 spiro atoms. The summed E-state index contributed by atoms with van der Waals surface area (Å²) in [7, 11) is 3.07. The number of thiophene rings is 1. The number of hydrogen-bond acceptors (Lipinski definition) is 11. The Morgan fingerprint density at radius 1 is 0.804 bits per heavy atom. The number of benzene rings is 2. The number of halogens is 1. The van der Waals surface area contributed by atoms with Crippen molar-refractivity contribution in [3.63, 3.8) is 0 Å². The summed E-state index contributed by atoms with van der Waals surface area (Å²) in [4.78, 5) is 50.9. The molecule has 0 atom stereocenters. The Labute approximate surface area is 276 Å². The molecular formula is C33H38ClNO10S. The number of ketones is 1. The molecule has 0 radical (unpaired) electrons. The van der Waals surface area contributed by atoms with Gasteiger partial charge in [-0.05, 0) is 48.6 Å². The van der Waals surface area contributed by atoms with Gasteiger partial charge in [-0.3, -0.25) is 19.2 Å². The normalized spacial score (nSPS) is 12.1.